The molecule has 0 aromatic heterocycles. The van der Waals surface area contributed by atoms with Gasteiger partial charge in [0, 0.05) is 28.9 Å². The van der Waals surface area contributed by atoms with Crippen LogP contribution < -0.4 is 10.3 Å². The van der Waals surface area contributed by atoms with Gasteiger partial charge in [-0.3, -0.25) is 0 Å². The number of nitrogens with zero attached hydrogens (tertiary/aromatic N) is 2. The van der Waals surface area contributed by atoms with Crippen molar-refractivity contribution in [2.24, 2.45) is 10.5 Å². The first-order valence-electron chi connectivity index (χ1n) is 6.90. The fraction of sp³-hybridized carbons (Fsp3) is 0.438. The number of benzene rings is 1. The smallest absolute Gasteiger partial charge is 0.0895 e. The molecule has 0 bridgehead atoms. The Balaban J connectivity index is 2.53. The zero-order chi connectivity index (χ0) is 15.8. The summed E-state index contributed by atoms with van der Waals surface area (Å²) in [5.74, 6) is 0. The highest BCUT2D eigenvalue weighted by atomic mass is 79.9. The lowest BCUT2D eigenvalue weighted by molar-refractivity contribution is 0.328. The molecule has 2 rings (SSSR count). The minimum absolute atomic E-state index is 0.0370. The molecular formula is C16H22BrN3S. The van der Waals surface area contributed by atoms with Gasteiger partial charge < -0.3 is 10.3 Å². The summed E-state index contributed by atoms with van der Waals surface area (Å²) in [6.45, 7) is 6.68. The number of anilines is 1. The molecule has 0 saturated carbocycles. The molecule has 1 aromatic carbocycles. The van der Waals surface area contributed by atoms with Crippen LogP contribution in [0.15, 0.2) is 44.8 Å². The van der Waals surface area contributed by atoms with E-state index in [2.05, 4.69) is 90.0 Å². The Morgan fingerprint density at radius 3 is 2.52 bits per heavy atom. The molecule has 114 valence electrons. The van der Waals surface area contributed by atoms with E-state index < -0.39 is 0 Å². The number of hydrogen-bond acceptors (Lipinski definition) is 4. The summed E-state index contributed by atoms with van der Waals surface area (Å²) in [5.41, 5.74) is 4.74. The molecule has 1 aromatic rings. The third-order valence-corrected chi connectivity index (χ3v) is 5.46. The van der Waals surface area contributed by atoms with Gasteiger partial charge in [0.25, 0.3) is 0 Å². The van der Waals surface area contributed by atoms with Gasteiger partial charge in [0.1, 0.15) is 0 Å². The second-order valence-corrected chi connectivity index (χ2v) is 7.44. The van der Waals surface area contributed by atoms with Crippen LogP contribution in [0.1, 0.15) is 20.8 Å². The van der Waals surface area contributed by atoms with E-state index in [1.54, 1.807) is 0 Å². The van der Waals surface area contributed by atoms with Gasteiger partial charge in [-0.05, 0) is 31.2 Å². The number of thiol groups is 1. The van der Waals surface area contributed by atoms with Crippen molar-refractivity contribution in [3.05, 3.63) is 34.8 Å². The van der Waals surface area contributed by atoms with Gasteiger partial charge in [0.05, 0.1) is 16.9 Å². The highest BCUT2D eigenvalue weighted by molar-refractivity contribution is 9.10. The van der Waals surface area contributed by atoms with Crippen LogP contribution >= 0.6 is 28.6 Å². The molecule has 21 heavy (non-hydrogen) atoms. The maximum Gasteiger partial charge on any atom is 0.0895 e. The first-order chi connectivity index (χ1) is 9.74. The van der Waals surface area contributed by atoms with Gasteiger partial charge in [-0.25, -0.2) is 0 Å². The van der Waals surface area contributed by atoms with Crippen molar-refractivity contribution in [2.75, 3.05) is 19.0 Å². The van der Waals surface area contributed by atoms with Crippen LogP contribution in [0.3, 0.4) is 0 Å². The number of hydrogen-bond donors (Lipinski definition) is 2. The van der Waals surface area contributed by atoms with E-state index in [1.807, 2.05) is 19.2 Å². The van der Waals surface area contributed by atoms with Gasteiger partial charge >= 0.3 is 0 Å². The zero-order valence-corrected chi connectivity index (χ0v) is 15.6. The largest absolute Gasteiger partial charge is 0.362 e. The van der Waals surface area contributed by atoms with E-state index in [9.17, 15) is 0 Å². The van der Waals surface area contributed by atoms with Gasteiger partial charge in [-0.1, -0.05) is 35.9 Å². The maximum atomic E-state index is 4.63. The lowest BCUT2D eigenvalue weighted by Crippen LogP contribution is -2.57. The molecule has 1 unspecified atom stereocenters. The number of rotatable bonds is 3. The summed E-state index contributed by atoms with van der Waals surface area (Å²) in [6, 6.07) is 6.14. The quantitative estimate of drug-likeness (QED) is 0.621. The Kier molecular flexibility index (Phi) is 4.45. The van der Waals surface area contributed by atoms with E-state index in [0.717, 1.165) is 20.8 Å². The summed E-state index contributed by atoms with van der Waals surface area (Å²) < 4.78 is 1.03. The topological polar surface area (TPSA) is 27.6 Å². The number of hydrazone groups is 1. The van der Waals surface area contributed by atoms with Crippen molar-refractivity contribution in [3.63, 3.8) is 0 Å². The standard InChI is InChI=1S/C16H22BrN3S/c1-15(2)9-8-14(19-18-4)16(15,3)20(5)12-7-6-11(17)10-13(12)21/h6-10,18,21H,1-5H3/b19-14-. The minimum Gasteiger partial charge on any atom is -0.362 e. The molecule has 3 nitrogen and oxygen atoms in total. The summed E-state index contributed by atoms with van der Waals surface area (Å²) in [5, 5.41) is 4.47. The van der Waals surface area contributed by atoms with Crippen LogP contribution in [0.2, 0.25) is 0 Å². The van der Waals surface area contributed by atoms with Crippen molar-refractivity contribution in [2.45, 2.75) is 31.2 Å². The van der Waals surface area contributed by atoms with Crippen LogP contribution in [-0.2, 0) is 0 Å². The molecule has 1 atom stereocenters. The fourth-order valence-corrected chi connectivity index (χ4v) is 3.74. The van der Waals surface area contributed by atoms with E-state index in [1.165, 1.54) is 0 Å². The molecule has 0 amide bonds. The summed E-state index contributed by atoms with van der Waals surface area (Å²) in [7, 11) is 3.93. The van der Waals surface area contributed by atoms with Gasteiger partial charge in [0.2, 0.25) is 0 Å². The number of nitrogens with one attached hydrogen (secondary N) is 1. The van der Waals surface area contributed by atoms with Crippen molar-refractivity contribution >= 4 is 40.0 Å². The van der Waals surface area contributed by atoms with Gasteiger partial charge in [-0.15, -0.1) is 12.6 Å². The number of halogens is 1. The Morgan fingerprint density at radius 2 is 1.95 bits per heavy atom. The van der Waals surface area contributed by atoms with Crippen molar-refractivity contribution < 1.29 is 0 Å². The molecule has 0 aliphatic heterocycles. The highest BCUT2D eigenvalue weighted by Gasteiger charge is 2.50. The van der Waals surface area contributed by atoms with Gasteiger partial charge in [0.15, 0.2) is 0 Å². The van der Waals surface area contributed by atoms with Crippen molar-refractivity contribution in [3.8, 4) is 0 Å². The SMILES string of the molecule is CN/N=C1/C=CC(C)(C)C1(C)N(C)c1ccc(Br)cc1S. The fourth-order valence-electron chi connectivity index (χ4n) is 2.83. The molecule has 1 aliphatic carbocycles. The Hall–Kier alpha value is -0.940. The average Bonchev–Trinajstić information content (AvgIpc) is 2.63. The molecule has 1 N–H and O–H groups in total. The van der Waals surface area contributed by atoms with Crippen molar-refractivity contribution in [1.29, 1.82) is 0 Å². The average molecular weight is 368 g/mol. The molecule has 5 heteroatoms. The van der Waals surface area contributed by atoms with E-state index in [4.69, 9.17) is 0 Å². The van der Waals surface area contributed by atoms with Crippen LogP contribution in [0.4, 0.5) is 5.69 Å². The third-order valence-electron chi connectivity index (χ3n) is 4.61. The highest BCUT2D eigenvalue weighted by Crippen LogP contribution is 2.45. The molecular weight excluding hydrogens is 346 g/mol. The lowest BCUT2D eigenvalue weighted by atomic mass is 9.74. The lowest BCUT2D eigenvalue weighted by Gasteiger charge is -2.47. The monoisotopic (exact) mass is 367 g/mol. The zero-order valence-electron chi connectivity index (χ0n) is 13.1. The Labute approximate surface area is 141 Å². The first kappa shape index (κ1) is 16.4. The molecule has 0 saturated heterocycles. The Morgan fingerprint density at radius 1 is 1.29 bits per heavy atom. The van der Waals surface area contributed by atoms with Crippen molar-refractivity contribution in [1.82, 2.24) is 5.43 Å². The molecule has 0 fully saturated rings. The minimum atomic E-state index is -0.249. The second-order valence-electron chi connectivity index (χ2n) is 6.04. The van der Waals surface area contributed by atoms with Gasteiger partial charge in [-0.2, -0.15) is 5.10 Å². The maximum absolute atomic E-state index is 4.63. The van der Waals surface area contributed by atoms with Crippen LogP contribution in [0.25, 0.3) is 0 Å². The first-order valence-corrected chi connectivity index (χ1v) is 8.14. The van der Waals surface area contributed by atoms with Crippen LogP contribution in [-0.4, -0.2) is 25.3 Å². The van der Waals surface area contributed by atoms with E-state index >= 15 is 0 Å². The normalized spacial score (nSPS) is 25.4. The summed E-state index contributed by atoms with van der Waals surface area (Å²) >= 11 is 8.12. The third kappa shape index (κ3) is 2.61. The van der Waals surface area contributed by atoms with E-state index in [-0.39, 0.29) is 11.0 Å². The predicted octanol–water partition coefficient (Wildman–Crippen LogP) is 4.10. The molecule has 1 aliphatic rings. The predicted molar refractivity (Wildman–Crippen MR) is 97.6 cm³/mol. The molecule has 0 radical (unpaired) electrons. The van der Waals surface area contributed by atoms with Crippen LogP contribution in [0, 0.1) is 5.41 Å². The second kappa shape index (κ2) is 5.69. The van der Waals surface area contributed by atoms with E-state index in [0.29, 0.717) is 0 Å². The summed E-state index contributed by atoms with van der Waals surface area (Å²) in [6.07, 6.45) is 4.32. The van der Waals surface area contributed by atoms with Crippen LogP contribution in [0.5, 0.6) is 0 Å². The molecule has 0 heterocycles. The Bertz CT molecular complexity index is 610. The molecule has 0 spiro atoms. The summed E-state index contributed by atoms with van der Waals surface area (Å²) in [4.78, 5) is 3.21.